The highest BCUT2D eigenvalue weighted by molar-refractivity contribution is 5.65. The number of hydrogen-bond donors (Lipinski definition) is 0. The van der Waals surface area contributed by atoms with Crippen molar-refractivity contribution in [3.05, 3.63) is 65.9 Å². The summed E-state index contributed by atoms with van der Waals surface area (Å²) in [5.41, 5.74) is 1.94. The second-order valence-corrected chi connectivity index (χ2v) is 6.97. The fourth-order valence-corrected chi connectivity index (χ4v) is 3.54. The molecule has 0 spiro atoms. The molecule has 1 heterocycles. The van der Waals surface area contributed by atoms with Gasteiger partial charge < -0.3 is 9.47 Å². The van der Waals surface area contributed by atoms with Crippen LogP contribution < -0.4 is 4.74 Å². The Morgan fingerprint density at radius 3 is 2.29 bits per heavy atom. The Hall–Kier alpha value is -2.34. The van der Waals surface area contributed by atoms with E-state index in [0.717, 1.165) is 43.6 Å². The van der Waals surface area contributed by atoms with Gasteiger partial charge in [0.15, 0.2) is 23.6 Å². The quantitative estimate of drug-likeness (QED) is 0.387. The molecule has 0 bridgehead atoms. The average Bonchev–Trinajstić information content (AvgIpc) is 2.68. The molecule has 0 amide bonds. The van der Waals surface area contributed by atoms with E-state index in [1.165, 1.54) is 6.42 Å². The van der Waals surface area contributed by atoms with Crippen LogP contribution in [0.2, 0.25) is 0 Å². The Kier molecular flexibility index (Phi) is 6.73. The van der Waals surface area contributed by atoms with E-state index in [0.29, 0.717) is 17.0 Å². The third kappa shape index (κ3) is 4.93. The van der Waals surface area contributed by atoms with E-state index in [1.54, 1.807) is 12.1 Å². The molecule has 6 heteroatoms. The van der Waals surface area contributed by atoms with Gasteiger partial charge in [-0.05, 0) is 54.0 Å². The smallest absolute Gasteiger partial charge is 0.305 e. The van der Waals surface area contributed by atoms with E-state index in [2.05, 4.69) is 11.7 Å². The maximum absolute atomic E-state index is 14.1. The highest BCUT2D eigenvalue weighted by atomic mass is 19.3. The van der Waals surface area contributed by atoms with Gasteiger partial charge in [0, 0.05) is 0 Å². The number of benzene rings is 2. The Morgan fingerprint density at radius 1 is 1.07 bits per heavy atom. The second-order valence-electron chi connectivity index (χ2n) is 6.97. The van der Waals surface area contributed by atoms with Crippen LogP contribution in [0.25, 0.3) is 11.1 Å². The monoisotopic (exact) mass is 394 g/mol. The first-order chi connectivity index (χ1) is 13.5. The molecule has 1 saturated heterocycles. The van der Waals surface area contributed by atoms with Crippen LogP contribution in [0.15, 0.2) is 48.7 Å². The lowest BCUT2D eigenvalue weighted by molar-refractivity contribution is -0.0194. The van der Waals surface area contributed by atoms with Gasteiger partial charge in [-0.15, -0.1) is 0 Å². The Balaban J connectivity index is 1.72. The summed E-state index contributed by atoms with van der Waals surface area (Å²) in [6, 6.07) is 9.44. The predicted octanol–water partition coefficient (Wildman–Crippen LogP) is 7.02. The maximum Gasteiger partial charge on any atom is 0.305 e. The van der Waals surface area contributed by atoms with E-state index in [-0.39, 0.29) is 12.4 Å². The van der Waals surface area contributed by atoms with Gasteiger partial charge in [0.1, 0.15) is 0 Å². The molecule has 150 valence electrons. The van der Waals surface area contributed by atoms with Gasteiger partial charge in [0.25, 0.3) is 0 Å². The van der Waals surface area contributed by atoms with E-state index in [4.69, 9.17) is 4.74 Å². The standard InChI is InChI=1S/C22H22F4O2/c1-2-3-14-4-9-20(27-12-14)16-7-5-15(6-8-16)17-10-18(23)22(19(24)11-17)28-13-21(25)26/h5-8,10-11,13-14,20H,2-4,9,12H2,1H3. The minimum absolute atomic E-state index is 0.00516. The Morgan fingerprint density at radius 2 is 1.75 bits per heavy atom. The molecule has 0 aromatic heterocycles. The molecule has 0 aliphatic carbocycles. The summed E-state index contributed by atoms with van der Waals surface area (Å²) in [6.45, 7) is 2.93. The van der Waals surface area contributed by atoms with Crippen molar-refractivity contribution in [2.24, 2.45) is 5.92 Å². The summed E-state index contributed by atoms with van der Waals surface area (Å²) in [4.78, 5) is 0. The van der Waals surface area contributed by atoms with Crippen LogP contribution in [0, 0.1) is 17.6 Å². The Bertz CT molecular complexity index is 798. The summed E-state index contributed by atoms with van der Waals surface area (Å²) in [5.74, 6) is -2.33. The fraction of sp³-hybridized carbons (Fsp3) is 0.364. The predicted molar refractivity (Wildman–Crippen MR) is 99.0 cm³/mol. The normalized spacial score (nSPS) is 19.3. The van der Waals surface area contributed by atoms with Crippen molar-refractivity contribution in [1.29, 1.82) is 0 Å². The summed E-state index contributed by atoms with van der Waals surface area (Å²) >= 11 is 0. The maximum atomic E-state index is 14.1. The lowest BCUT2D eigenvalue weighted by Crippen LogP contribution is -2.20. The van der Waals surface area contributed by atoms with Crippen molar-refractivity contribution in [1.82, 2.24) is 0 Å². The molecule has 0 radical (unpaired) electrons. The van der Waals surface area contributed by atoms with Crippen molar-refractivity contribution >= 4 is 0 Å². The van der Waals surface area contributed by atoms with Crippen LogP contribution in [0.3, 0.4) is 0 Å². The van der Waals surface area contributed by atoms with Gasteiger partial charge in [-0.2, -0.15) is 8.78 Å². The van der Waals surface area contributed by atoms with Crippen molar-refractivity contribution in [3.8, 4) is 16.9 Å². The van der Waals surface area contributed by atoms with Crippen LogP contribution >= 0.6 is 0 Å². The molecule has 0 N–H and O–H groups in total. The van der Waals surface area contributed by atoms with Crippen LogP contribution in [0.5, 0.6) is 5.75 Å². The number of rotatable bonds is 6. The van der Waals surface area contributed by atoms with Crippen LogP contribution in [-0.2, 0) is 4.74 Å². The molecule has 0 saturated carbocycles. The first-order valence-corrected chi connectivity index (χ1v) is 9.36. The lowest BCUT2D eigenvalue weighted by atomic mass is 9.91. The molecule has 2 nitrogen and oxygen atoms in total. The lowest BCUT2D eigenvalue weighted by Gasteiger charge is -2.29. The van der Waals surface area contributed by atoms with Crippen molar-refractivity contribution in [2.45, 2.75) is 38.7 Å². The minimum atomic E-state index is -2.18. The first-order valence-electron chi connectivity index (χ1n) is 9.36. The summed E-state index contributed by atoms with van der Waals surface area (Å²) in [5, 5.41) is 0. The molecule has 1 aliphatic rings. The largest absolute Gasteiger partial charge is 0.453 e. The van der Waals surface area contributed by atoms with Gasteiger partial charge in [-0.3, -0.25) is 0 Å². The zero-order valence-corrected chi connectivity index (χ0v) is 15.6. The third-order valence-electron chi connectivity index (χ3n) is 4.95. The molecular weight excluding hydrogens is 372 g/mol. The minimum Gasteiger partial charge on any atom is -0.453 e. The van der Waals surface area contributed by atoms with Gasteiger partial charge in [-0.1, -0.05) is 37.6 Å². The topological polar surface area (TPSA) is 18.5 Å². The number of halogens is 4. The molecule has 1 fully saturated rings. The van der Waals surface area contributed by atoms with Crippen molar-refractivity contribution in [2.75, 3.05) is 6.61 Å². The van der Waals surface area contributed by atoms with Crippen LogP contribution in [-0.4, -0.2) is 6.61 Å². The van der Waals surface area contributed by atoms with E-state index in [9.17, 15) is 17.6 Å². The average molecular weight is 394 g/mol. The van der Waals surface area contributed by atoms with Gasteiger partial charge in [0.05, 0.1) is 12.7 Å². The molecule has 2 aromatic carbocycles. The number of ether oxygens (including phenoxy) is 2. The van der Waals surface area contributed by atoms with Crippen LogP contribution in [0.1, 0.15) is 44.3 Å². The highest BCUT2D eigenvalue weighted by Crippen LogP contribution is 2.34. The number of hydrogen-bond acceptors (Lipinski definition) is 2. The fourth-order valence-electron chi connectivity index (χ4n) is 3.54. The van der Waals surface area contributed by atoms with E-state index >= 15 is 0 Å². The Labute approximate surface area is 161 Å². The molecule has 1 aliphatic heterocycles. The summed E-state index contributed by atoms with van der Waals surface area (Å²) in [7, 11) is 0. The van der Waals surface area contributed by atoms with E-state index < -0.39 is 23.5 Å². The molecule has 3 rings (SSSR count). The zero-order chi connectivity index (χ0) is 20.1. The third-order valence-corrected chi connectivity index (χ3v) is 4.95. The van der Waals surface area contributed by atoms with Gasteiger partial charge >= 0.3 is 6.08 Å². The zero-order valence-electron chi connectivity index (χ0n) is 15.6. The van der Waals surface area contributed by atoms with Crippen molar-refractivity contribution in [3.63, 3.8) is 0 Å². The summed E-state index contributed by atoms with van der Waals surface area (Å²) in [6.07, 6.45) is 2.28. The van der Waals surface area contributed by atoms with E-state index in [1.807, 2.05) is 12.1 Å². The highest BCUT2D eigenvalue weighted by Gasteiger charge is 2.22. The molecule has 28 heavy (non-hydrogen) atoms. The first kappa shape index (κ1) is 20.4. The SMILES string of the molecule is CCCC1CCC(c2ccc(-c3cc(F)c(OC=C(F)F)c(F)c3)cc2)OC1. The van der Waals surface area contributed by atoms with Gasteiger partial charge in [0.2, 0.25) is 0 Å². The molecule has 2 unspecified atom stereocenters. The van der Waals surface area contributed by atoms with Crippen LogP contribution in [0.4, 0.5) is 17.6 Å². The molecule has 2 aromatic rings. The van der Waals surface area contributed by atoms with Crippen molar-refractivity contribution < 1.29 is 27.0 Å². The molecular formula is C22H22F4O2. The van der Waals surface area contributed by atoms with Gasteiger partial charge in [-0.25, -0.2) is 8.78 Å². The molecule has 2 atom stereocenters. The second kappa shape index (κ2) is 9.24. The summed E-state index contributed by atoms with van der Waals surface area (Å²) < 4.78 is 62.6.